The van der Waals surface area contributed by atoms with E-state index in [1.54, 1.807) is 40.5 Å². The predicted molar refractivity (Wildman–Crippen MR) is 133 cm³/mol. The highest BCUT2D eigenvalue weighted by molar-refractivity contribution is 7.99. The van der Waals surface area contributed by atoms with Crippen LogP contribution in [0, 0.1) is 0 Å². The Kier molecular flexibility index (Phi) is 7.17. The van der Waals surface area contributed by atoms with Crippen LogP contribution in [-0.4, -0.2) is 39.5 Å². The number of hydrogen-bond donors (Lipinski definition) is 1. The first kappa shape index (κ1) is 23.1. The Morgan fingerprint density at radius 2 is 1.88 bits per heavy atom. The summed E-state index contributed by atoms with van der Waals surface area (Å²) in [4.78, 5) is 30.8. The monoisotopic (exact) mass is 482 g/mol. The first-order chi connectivity index (χ1) is 16.0. The minimum absolute atomic E-state index is 0.0731. The van der Waals surface area contributed by atoms with Crippen molar-refractivity contribution in [1.82, 2.24) is 14.1 Å². The molecule has 2 aromatic carbocycles. The molecule has 0 aliphatic rings. The van der Waals surface area contributed by atoms with Crippen molar-refractivity contribution in [3.05, 3.63) is 76.2 Å². The van der Waals surface area contributed by atoms with Gasteiger partial charge in [-0.2, -0.15) is 0 Å². The molecule has 2 heterocycles. The van der Waals surface area contributed by atoms with Gasteiger partial charge in [0.15, 0.2) is 5.16 Å². The molecule has 4 aromatic rings. The SMILES string of the molecule is COCCn1c(SCC(=O)Nc2ccccc2Cl)nc2c(-c3ccccc3)cn(C)c2c1=O. The summed E-state index contributed by atoms with van der Waals surface area (Å²) in [5.74, 6) is -0.166. The van der Waals surface area contributed by atoms with Gasteiger partial charge in [0.1, 0.15) is 11.0 Å². The van der Waals surface area contributed by atoms with Crippen LogP contribution in [0.1, 0.15) is 0 Å². The molecule has 33 heavy (non-hydrogen) atoms. The molecule has 1 amide bonds. The van der Waals surface area contributed by atoms with Crippen LogP contribution >= 0.6 is 23.4 Å². The number of thioether (sulfide) groups is 1. The van der Waals surface area contributed by atoms with E-state index in [1.807, 2.05) is 43.6 Å². The van der Waals surface area contributed by atoms with Crippen LogP contribution in [-0.2, 0) is 23.1 Å². The summed E-state index contributed by atoms with van der Waals surface area (Å²) in [5, 5.41) is 3.72. The maximum Gasteiger partial charge on any atom is 0.278 e. The predicted octanol–water partition coefficient (Wildman–Crippen LogP) is 4.43. The van der Waals surface area contributed by atoms with Gasteiger partial charge in [-0.15, -0.1) is 0 Å². The molecule has 170 valence electrons. The molecule has 0 aliphatic carbocycles. The second-order valence-corrected chi connectivity index (χ2v) is 8.73. The first-order valence-electron chi connectivity index (χ1n) is 10.3. The van der Waals surface area contributed by atoms with E-state index in [9.17, 15) is 9.59 Å². The smallest absolute Gasteiger partial charge is 0.278 e. The van der Waals surface area contributed by atoms with Crippen LogP contribution in [0.25, 0.3) is 22.2 Å². The van der Waals surface area contributed by atoms with Gasteiger partial charge < -0.3 is 14.6 Å². The lowest BCUT2D eigenvalue weighted by Crippen LogP contribution is -2.27. The van der Waals surface area contributed by atoms with E-state index in [0.29, 0.717) is 40.1 Å². The van der Waals surface area contributed by atoms with E-state index >= 15 is 0 Å². The third-order valence-corrected chi connectivity index (χ3v) is 6.43. The van der Waals surface area contributed by atoms with Crippen molar-refractivity contribution in [2.45, 2.75) is 11.7 Å². The summed E-state index contributed by atoms with van der Waals surface area (Å²) >= 11 is 7.34. The van der Waals surface area contributed by atoms with E-state index in [-0.39, 0.29) is 17.2 Å². The number of benzene rings is 2. The molecule has 1 N–H and O–H groups in total. The molecule has 7 nitrogen and oxygen atoms in total. The van der Waals surface area contributed by atoms with Crippen molar-refractivity contribution in [1.29, 1.82) is 0 Å². The van der Waals surface area contributed by atoms with Crippen LogP contribution in [0.15, 0.2) is 70.7 Å². The molecule has 0 unspecified atom stereocenters. The van der Waals surface area contributed by atoms with Gasteiger partial charge in [-0.05, 0) is 17.7 Å². The molecule has 0 spiro atoms. The Bertz CT molecular complexity index is 1350. The minimum Gasteiger partial charge on any atom is -0.383 e. The summed E-state index contributed by atoms with van der Waals surface area (Å²) in [7, 11) is 3.42. The fourth-order valence-electron chi connectivity index (χ4n) is 3.55. The van der Waals surface area contributed by atoms with Gasteiger partial charge >= 0.3 is 0 Å². The first-order valence-corrected chi connectivity index (χ1v) is 11.7. The molecular weight excluding hydrogens is 460 g/mol. The lowest BCUT2D eigenvalue weighted by atomic mass is 10.1. The number of nitrogens with zero attached hydrogens (tertiary/aromatic N) is 3. The highest BCUT2D eigenvalue weighted by Crippen LogP contribution is 2.29. The van der Waals surface area contributed by atoms with Crippen molar-refractivity contribution in [3.8, 4) is 11.1 Å². The zero-order valence-corrected chi connectivity index (χ0v) is 19.8. The zero-order valence-electron chi connectivity index (χ0n) is 18.2. The number of aryl methyl sites for hydroxylation is 1. The summed E-state index contributed by atoms with van der Waals surface area (Å²) in [6.07, 6.45) is 1.91. The quantitative estimate of drug-likeness (QED) is 0.297. The number of rotatable bonds is 8. The second-order valence-electron chi connectivity index (χ2n) is 7.38. The lowest BCUT2D eigenvalue weighted by molar-refractivity contribution is -0.113. The van der Waals surface area contributed by atoms with Gasteiger partial charge in [0.25, 0.3) is 5.56 Å². The van der Waals surface area contributed by atoms with Gasteiger partial charge in [-0.25, -0.2) is 4.98 Å². The van der Waals surface area contributed by atoms with Crippen LogP contribution in [0.4, 0.5) is 5.69 Å². The molecule has 0 saturated heterocycles. The van der Waals surface area contributed by atoms with Crippen molar-refractivity contribution >= 4 is 46.0 Å². The molecule has 0 saturated carbocycles. The Morgan fingerprint density at radius 3 is 2.61 bits per heavy atom. The van der Waals surface area contributed by atoms with E-state index in [1.165, 1.54) is 11.8 Å². The number of nitrogens with one attached hydrogen (secondary N) is 1. The number of halogens is 1. The number of hydrogen-bond acceptors (Lipinski definition) is 5. The molecule has 0 radical (unpaired) electrons. The van der Waals surface area contributed by atoms with Crippen molar-refractivity contribution in [2.75, 3.05) is 24.8 Å². The summed E-state index contributed by atoms with van der Waals surface area (Å²) in [6, 6.07) is 16.8. The number of fused-ring (bicyclic) bond motifs is 1. The van der Waals surface area contributed by atoms with Gasteiger partial charge in [0.2, 0.25) is 5.91 Å². The normalized spacial score (nSPS) is 11.1. The zero-order chi connectivity index (χ0) is 23.4. The molecule has 0 fully saturated rings. The van der Waals surface area contributed by atoms with Crippen LogP contribution in [0.3, 0.4) is 0 Å². The Hall–Kier alpha value is -3.07. The standard InChI is InChI=1S/C24H23ClN4O3S/c1-28-14-17(16-8-4-3-5-9-16)21-22(28)23(31)29(12-13-32-2)24(27-21)33-15-20(30)26-19-11-7-6-10-18(19)25/h3-11,14H,12-13,15H2,1-2H3,(H,26,30). The second kappa shape index (κ2) is 10.2. The molecule has 4 rings (SSSR count). The van der Waals surface area contributed by atoms with E-state index < -0.39 is 0 Å². The van der Waals surface area contributed by atoms with Crippen molar-refractivity contribution in [3.63, 3.8) is 0 Å². The van der Waals surface area contributed by atoms with Gasteiger partial charge in [-0.1, -0.05) is 65.8 Å². The molecular formula is C24H23ClN4O3S. The van der Waals surface area contributed by atoms with Crippen LogP contribution in [0.2, 0.25) is 5.02 Å². The molecule has 0 bridgehead atoms. The van der Waals surface area contributed by atoms with Gasteiger partial charge in [0, 0.05) is 25.9 Å². The maximum absolute atomic E-state index is 13.4. The van der Waals surface area contributed by atoms with Crippen LogP contribution < -0.4 is 10.9 Å². The van der Waals surface area contributed by atoms with E-state index in [4.69, 9.17) is 21.3 Å². The van der Waals surface area contributed by atoms with Crippen molar-refractivity contribution < 1.29 is 9.53 Å². The summed E-state index contributed by atoms with van der Waals surface area (Å²) in [6.45, 7) is 0.682. The number of aromatic nitrogens is 3. The van der Waals surface area contributed by atoms with Crippen LogP contribution in [0.5, 0.6) is 0 Å². The molecule has 9 heteroatoms. The highest BCUT2D eigenvalue weighted by Gasteiger charge is 2.19. The maximum atomic E-state index is 13.4. The average molecular weight is 483 g/mol. The Morgan fingerprint density at radius 1 is 1.15 bits per heavy atom. The number of carbonyl (C=O) groups excluding carboxylic acids is 1. The minimum atomic E-state index is -0.239. The number of anilines is 1. The number of ether oxygens (including phenoxy) is 1. The highest BCUT2D eigenvalue weighted by atomic mass is 35.5. The third kappa shape index (κ3) is 4.98. The number of amides is 1. The Balaban J connectivity index is 1.70. The van der Waals surface area contributed by atoms with Gasteiger partial charge in [0.05, 0.1) is 29.6 Å². The summed E-state index contributed by atoms with van der Waals surface area (Å²) < 4.78 is 8.56. The Labute approximate surface area is 200 Å². The van der Waals surface area contributed by atoms with E-state index in [2.05, 4.69) is 5.32 Å². The summed E-state index contributed by atoms with van der Waals surface area (Å²) in [5.41, 5.74) is 3.32. The number of methoxy groups -OCH3 is 1. The van der Waals surface area contributed by atoms with E-state index in [0.717, 1.165) is 11.1 Å². The average Bonchev–Trinajstić information content (AvgIpc) is 3.15. The largest absolute Gasteiger partial charge is 0.383 e. The van der Waals surface area contributed by atoms with Gasteiger partial charge in [-0.3, -0.25) is 14.2 Å². The topological polar surface area (TPSA) is 78.2 Å². The van der Waals surface area contributed by atoms with Crippen molar-refractivity contribution in [2.24, 2.45) is 7.05 Å². The molecule has 2 aromatic heterocycles. The fraction of sp³-hybridized carbons (Fsp3) is 0.208. The third-order valence-electron chi connectivity index (χ3n) is 5.13. The number of carbonyl (C=O) groups is 1. The lowest BCUT2D eigenvalue weighted by Gasteiger charge is -2.13. The fourth-order valence-corrected chi connectivity index (χ4v) is 4.55. The molecule has 0 aliphatic heterocycles. The number of para-hydroxylation sites is 1. The molecule has 0 atom stereocenters.